The number of amides is 1. The topological polar surface area (TPSA) is 131 Å². The highest BCUT2D eigenvalue weighted by atomic mass is 16.5. The molecule has 0 aliphatic carbocycles. The molecule has 6 N–H and O–H groups in total. The summed E-state index contributed by atoms with van der Waals surface area (Å²) in [5, 5.41) is 10.2. The summed E-state index contributed by atoms with van der Waals surface area (Å²) >= 11 is 0. The summed E-state index contributed by atoms with van der Waals surface area (Å²) in [4.78, 5) is 25.3. The first-order chi connectivity index (χ1) is 13.5. The fourth-order valence-electron chi connectivity index (χ4n) is 2.67. The van der Waals surface area contributed by atoms with Crippen molar-refractivity contribution in [1.29, 1.82) is 5.41 Å². The molecule has 1 amide bonds. The second-order valence-corrected chi connectivity index (χ2v) is 6.41. The number of hydrogen-bond acceptors (Lipinski definition) is 5. The number of unbranched alkanes of at least 4 members (excludes halogenated alkanes) is 1. The molecule has 28 heavy (non-hydrogen) atoms. The lowest BCUT2D eigenvalue weighted by Gasteiger charge is -2.16. The van der Waals surface area contributed by atoms with Gasteiger partial charge in [0.1, 0.15) is 18.4 Å². The summed E-state index contributed by atoms with van der Waals surface area (Å²) in [6, 6.07) is 15.9. The molecule has 2 aromatic carbocycles. The maximum atomic E-state index is 12.7. The van der Waals surface area contributed by atoms with Crippen molar-refractivity contribution >= 4 is 23.4 Å². The average molecular weight is 382 g/mol. The van der Waals surface area contributed by atoms with Crippen LogP contribution in [0.4, 0.5) is 5.69 Å². The van der Waals surface area contributed by atoms with E-state index < -0.39 is 17.8 Å². The number of nitrogens with two attached hydrogens (primary N) is 2. The lowest BCUT2D eigenvalue weighted by Crippen LogP contribution is -2.31. The van der Waals surface area contributed by atoms with Crippen LogP contribution in [0.2, 0.25) is 0 Å². The lowest BCUT2D eigenvalue weighted by atomic mass is 10.0. The number of benzene rings is 2. The molecule has 148 valence electrons. The van der Waals surface area contributed by atoms with Gasteiger partial charge in [-0.2, -0.15) is 0 Å². The number of nitrogens with one attached hydrogen (secondary N) is 2. The molecular weight excluding hydrogens is 356 g/mol. The summed E-state index contributed by atoms with van der Waals surface area (Å²) in [5.41, 5.74) is 12.8. The normalized spacial score (nSPS) is 11.5. The van der Waals surface area contributed by atoms with Crippen molar-refractivity contribution in [3.8, 4) is 0 Å². The quantitative estimate of drug-likeness (QED) is 0.165. The highest BCUT2D eigenvalue weighted by Crippen LogP contribution is 2.17. The van der Waals surface area contributed by atoms with Gasteiger partial charge in [0.15, 0.2) is 0 Å². The number of carbonyl (C=O) groups is 2. The van der Waals surface area contributed by atoms with E-state index in [4.69, 9.17) is 21.6 Å². The van der Waals surface area contributed by atoms with Crippen LogP contribution in [0.25, 0.3) is 0 Å². The van der Waals surface area contributed by atoms with Gasteiger partial charge in [-0.25, -0.2) is 0 Å². The Morgan fingerprint density at radius 2 is 1.82 bits per heavy atom. The molecule has 0 heterocycles. The van der Waals surface area contributed by atoms with Crippen molar-refractivity contribution in [2.45, 2.75) is 25.9 Å². The van der Waals surface area contributed by atoms with Gasteiger partial charge < -0.3 is 21.5 Å². The molecule has 0 bridgehead atoms. The first-order valence-electron chi connectivity index (χ1n) is 9.17. The average Bonchev–Trinajstić information content (AvgIpc) is 2.70. The second-order valence-electron chi connectivity index (χ2n) is 6.41. The van der Waals surface area contributed by atoms with E-state index >= 15 is 0 Å². The summed E-state index contributed by atoms with van der Waals surface area (Å²) in [5.74, 6) is -2.05. The zero-order chi connectivity index (χ0) is 20.4. The summed E-state index contributed by atoms with van der Waals surface area (Å²) in [6.45, 7) is 0.605. The van der Waals surface area contributed by atoms with Crippen LogP contribution in [0.3, 0.4) is 0 Å². The minimum Gasteiger partial charge on any atom is -0.460 e. The fourth-order valence-corrected chi connectivity index (χ4v) is 2.67. The van der Waals surface area contributed by atoms with Gasteiger partial charge in [0.25, 0.3) is 0 Å². The SMILES string of the molecule is N=C(N)c1cccc(NC(=O)C(CCCCN)C(=O)OCc2ccccc2)c1. The van der Waals surface area contributed by atoms with E-state index in [9.17, 15) is 9.59 Å². The molecule has 1 unspecified atom stereocenters. The van der Waals surface area contributed by atoms with Crippen LogP contribution >= 0.6 is 0 Å². The highest BCUT2D eigenvalue weighted by Gasteiger charge is 2.28. The van der Waals surface area contributed by atoms with E-state index in [0.29, 0.717) is 30.6 Å². The van der Waals surface area contributed by atoms with Crippen LogP contribution in [-0.4, -0.2) is 24.3 Å². The zero-order valence-electron chi connectivity index (χ0n) is 15.7. The number of hydrogen-bond donors (Lipinski definition) is 4. The van der Waals surface area contributed by atoms with Gasteiger partial charge >= 0.3 is 5.97 Å². The number of carbonyl (C=O) groups excluding carboxylic acids is 2. The van der Waals surface area contributed by atoms with E-state index in [-0.39, 0.29) is 12.4 Å². The Kier molecular flexibility index (Phi) is 8.17. The highest BCUT2D eigenvalue weighted by molar-refractivity contribution is 6.05. The van der Waals surface area contributed by atoms with Crippen LogP contribution in [-0.2, 0) is 20.9 Å². The van der Waals surface area contributed by atoms with Crippen molar-refractivity contribution in [1.82, 2.24) is 0 Å². The monoisotopic (exact) mass is 382 g/mol. The first-order valence-corrected chi connectivity index (χ1v) is 9.17. The number of rotatable bonds is 10. The van der Waals surface area contributed by atoms with Crippen LogP contribution in [0.15, 0.2) is 54.6 Å². The molecule has 0 saturated heterocycles. The smallest absolute Gasteiger partial charge is 0.318 e. The third-order valence-electron chi connectivity index (χ3n) is 4.21. The molecule has 2 rings (SSSR count). The molecule has 0 radical (unpaired) electrons. The van der Waals surface area contributed by atoms with E-state index in [2.05, 4.69) is 5.32 Å². The van der Waals surface area contributed by atoms with Gasteiger partial charge in [-0.15, -0.1) is 0 Å². The van der Waals surface area contributed by atoms with Crippen molar-refractivity contribution in [2.75, 3.05) is 11.9 Å². The van der Waals surface area contributed by atoms with Crippen molar-refractivity contribution in [3.05, 3.63) is 65.7 Å². The van der Waals surface area contributed by atoms with Crippen LogP contribution in [0.5, 0.6) is 0 Å². The largest absolute Gasteiger partial charge is 0.460 e. The number of anilines is 1. The minimum atomic E-state index is -0.934. The van der Waals surface area contributed by atoms with Gasteiger partial charge in [-0.1, -0.05) is 48.9 Å². The summed E-state index contributed by atoms with van der Waals surface area (Å²) in [6.07, 6.45) is 1.71. The molecule has 0 aromatic heterocycles. The molecule has 7 heteroatoms. The molecular formula is C21H26N4O3. The van der Waals surface area contributed by atoms with Gasteiger partial charge in [-0.05, 0) is 37.1 Å². The lowest BCUT2D eigenvalue weighted by molar-refractivity contribution is -0.152. The molecule has 0 spiro atoms. The minimum absolute atomic E-state index is 0.0992. The third-order valence-corrected chi connectivity index (χ3v) is 4.21. The molecule has 1 atom stereocenters. The molecule has 0 fully saturated rings. The van der Waals surface area contributed by atoms with Crippen LogP contribution in [0, 0.1) is 11.3 Å². The standard InChI is InChI=1S/C21H26N4O3/c22-12-5-4-11-18(21(27)28-14-15-7-2-1-3-8-15)20(26)25-17-10-6-9-16(13-17)19(23)24/h1-3,6-10,13,18H,4-5,11-12,14,22H2,(H3,23,24)(H,25,26). The fraction of sp³-hybridized carbons (Fsp3) is 0.286. The predicted octanol–water partition coefficient (Wildman–Crippen LogP) is 2.40. The van der Waals surface area contributed by atoms with Gasteiger partial charge in [-0.3, -0.25) is 15.0 Å². The number of ether oxygens (including phenoxy) is 1. The van der Waals surface area contributed by atoms with Gasteiger partial charge in [0.05, 0.1) is 0 Å². The maximum absolute atomic E-state index is 12.7. The predicted molar refractivity (Wildman–Crippen MR) is 109 cm³/mol. The summed E-state index contributed by atoms with van der Waals surface area (Å²) < 4.78 is 5.36. The third kappa shape index (κ3) is 6.51. The van der Waals surface area contributed by atoms with E-state index in [0.717, 1.165) is 12.0 Å². The Morgan fingerprint density at radius 1 is 1.07 bits per heavy atom. The van der Waals surface area contributed by atoms with Crippen molar-refractivity contribution < 1.29 is 14.3 Å². The molecule has 0 aliphatic heterocycles. The molecule has 7 nitrogen and oxygen atoms in total. The number of amidine groups is 1. The Labute approximate surface area is 164 Å². The maximum Gasteiger partial charge on any atom is 0.318 e. The number of esters is 1. The Morgan fingerprint density at radius 3 is 2.50 bits per heavy atom. The second kappa shape index (κ2) is 10.8. The molecule has 0 aliphatic rings. The van der Waals surface area contributed by atoms with E-state index in [1.807, 2.05) is 30.3 Å². The Balaban J connectivity index is 2.05. The van der Waals surface area contributed by atoms with E-state index in [1.165, 1.54) is 0 Å². The first kappa shape index (κ1) is 21.1. The van der Waals surface area contributed by atoms with Crippen molar-refractivity contribution in [2.24, 2.45) is 17.4 Å². The Bertz CT molecular complexity index is 808. The number of nitrogen functional groups attached to an aromatic ring is 1. The van der Waals surface area contributed by atoms with Crippen LogP contribution in [0.1, 0.15) is 30.4 Å². The summed E-state index contributed by atoms with van der Waals surface area (Å²) in [7, 11) is 0. The van der Waals surface area contributed by atoms with Gasteiger partial charge in [0, 0.05) is 11.3 Å². The molecule has 0 saturated carbocycles. The van der Waals surface area contributed by atoms with Gasteiger partial charge in [0.2, 0.25) is 5.91 Å². The molecule has 2 aromatic rings. The van der Waals surface area contributed by atoms with Crippen LogP contribution < -0.4 is 16.8 Å². The Hall–Kier alpha value is -3.19. The zero-order valence-corrected chi connectivity index (χ0v) is 15.7. The van der Waals surface area contributed by atoms with E-state index in [1.54, 1.807) is 24.3 Å². The van der Waals surface area contributed by atoms with Crippen molar-refractivity contribution in [3.63, 3.8) is 0 Å².